The number of nitrogens with one attached hydrogen (secondary N) is 2. The van der Waals surface area contributed by atoms with Gasteiger partial charge in [-0.1, -0.05) is 13.0 Å². The summed E-state index contributed by atoms with van der Waals surface area (Å²) in [7, 11) is 0. The molecule has 5 fully saturated rings. The Balaban J connectivity index is 1.20. The highest BCUT2D eigenvalue weighted by Gasteiger charge is 2.51. The standard InChI is InChI=1S/C28H38N4O/c1-3-29-22-8-9-32(17-22)25-7-5-23-24(30-25)6-4-18(2)27(23)31-26(33)16-28-13-19-10-20(14-28)12-21(11-19)15-28/h4-7,19-22,29H,3,8-17H2,1-2H3,(H,31,33)/t19?,20?,21?,22-,28?/m0/s1. The van der Waals surface area contributed by atoms with Gasteiger partial charge in [0.2, 0.25) is 5.91 Å². The summed E-state index contributed by atoms with van der Waals surface area (Å²) >= 11 is 0. The van der Waals surface area contributed by atoms with Crippen LogP contribution in [-0.4, -0.2) is 36.6 Å². The van der Waals surface area contributed by atoms with Crippen molar-refractivity contribution in [3.05, 3.63) is 29.8 Å². The molecule has 1 saturated heterocycles. The van der Waals surface area contributed by atoms with E-state index < -0.39 is 0 Å². The molecule has 7 rings (SSSR count). The van der Waals surface area contributed by atoms with Crippen LogP contribution in [-0.2, 0) is 4.79 Å². The number of benzene rings is 1. The van der Waals surface area contributed by atoms with Gasteiger partial charge in [0.1, 0.15) is 5.82 Å². The zero-order valence-electron chi connectivity index (χ0n) is 20.2. The number of carbonyl (C=O) groups excluding carboxylic acids is 1. The maximum Gasteiger partial charge on any atom is 0.224 e. The average molecular weight is 447 g/mol. The van der Waals surface area contributed by atoms with Crippen LogP contribution in [0.1, 0.15) is 63.9 Å². The lowest BCUT2D eigenvalue weighted by Gasteiger charge is -2.56. The van der Waals surface area contributed by atoms with Crippen LogP contribution in [0.25, 0.3) is 10.9 Å². The lowest BCUT2D eigenvalue weighted by Crippen LogP contribution is -2.47. The van der Waals surface area contributed by atoms with Gasteiger partial charge >= 0.3 is 0 Å². The zero-order chi connectivity index (χ0) is 22.6. The summed E-state index contributed by atoms with van der Waals surface area (Å²) in [6.07, 6.45) is 9.93. The topological polar surface area (TPSA) is 57.3 Å². The van der Waals surface area contributed by atoms with Gasteiger partial charge in [0.25, 0.3) is 0 Å². The first-order chi connectivity index (χ1) is 16.0. The number of carbonyl (C=O) groups is 1. The number of amides is 1. The normalized spacial score (nSPS) is 32.6. The van der Waals surface area contributed by atoms with Crippen molar-refractivity contribution in [1.29, 1.82) is 0 Å². The number of pyridine rings is 1. The van der Waals surface area contributed by atoms with E-state index >= 15 is 0 Å². The second kappa shape index (κ2) is 8.26. The molecule has 4 aliphatic carbocycles. The number of anilines is 2. The van der Waals surface area contributed by atoms with Gasteiger partial charge in [-0.05, 0) is 105 Å². The van der Waals surface area contributed by atoms with E-state index in [2.05, 4.69) is 53.6 Å². The molecule has 5 heteroatoms. The fraction of sp³-hybridized carbons (Fsp3) is 0.643. The Bertz CT molecular complexity index is 1030. The molecule has 1 aromatic heterocycles. The number of nitrogens with zero attached hydrogens (tertiary/aromatic N) is 2. The fourth-order valence-electron chi connectivity index (χ4n) is 8.10. The van der Waals surface area contributed by atoms with Gasteiger partial charge < -0.3 is 15.5 Å². The van der Waals surface area contributed by atoms with Gasteiger partial charge in [0.15, 0.2) is 0 Å². The number of fused-ring (bicyclic) bond motifs is 1. The molecular formula is C28H38N4O. The molecule has 0 unspecified atom stereocenters. The van der Waals surface area contributed by atoms with E-state index in [1.54, 1.807) is 0 Å². The molecule has 2 heterocycles. The van der Waals surface area contributed by atoms with Gasteiger partial charge in [0, 0.05) is 30.9 Å². The third-order valence-corrected chi connectivity index (χ3v) is 9.03. The van der Waals surface area contributed by atoms with E-state index in [-0.39, 0.29) is 11.3 Å². The molecule has 2 aromatic rings. The molecule has 1 atom stereocenters. The molecule has 1 aromatic carbocycles. The van der Waals surface area contributed by atoms with Gasteiger partial charge in [-0.3, -0.25) is 4.79 Å². The van der Waals surface area contributed by atoms with Crippen LogP contribution in [0.4, 0.5) is 11.5 Å². The predicted molar refractivity (Wildman–Crippen MR) is 135 cm³/mol. The molecule has 0 spiro atoms. The Labute approximate surface area is 197 Å². The third-order valence-electron chi connectivity index (χ3n) is 9.03. The maximum absolute atomic E-state index is 13.3. The minimum Gasteiger partial charge on any atom is -0.355 e. The zero-order valence-corrected chi connectivity index (χ0v) is 20.2. The summed E-state index contributed by atoms with van der Waals surface area (Å²) in [5.41, 5.74) is 3.30. The third kappa shape index (κ3) is 4.03. The average Bonchev–Trinajstić information content (AvgIpc) is 3.23. The molecule has 1 amide bonds. The fourth-order valence-corrected chi connectivity index (χ4v) is 8.10. The van der Waals surface area contributed by atoms with Crippen LogP contribution in [0.5, 0.6) is 0 Å². The van der Waals surface area contributed by atoms with E-state index in [1.807, 2.05) is 0 Å². The molecule has 33 heavy (non-hydrogen) atoms. The summed E-state index contributed by atoms with van der Waals surface area (Å²) in [5, 5.41) is 7.95. The Morgan fingerprint density at radius 2 is 1.82 bits per heavy atom. The maximum atomic E-state index is 13.3. The highest BCUT2D eigenvalue weighted by Crippen LogP contribution is 2.61. The van der Waals surface area contributed by atoms with Crippen molar-refractivity contribution in [2.24, 2.45) is 23.2 Å². The summed E-state index contributed by atoms with van der Waals surface area (Å²) in [5.74, 6) is 3.87. The van der Waals surface area contributed by atoms with E-state index in [1.165, 1.54) is 38.5 Å². The molecule has 5 aliphatic rings. The number of rotatable bonds is 6. The number of aromatic nitrogens is 1. The largest absolute Gasteiger partial charge is 0.355 e. The number of aryl methyl sites for hydroxylation is 1. The van der Waals surface area contributed by atoms with Crippen molar-refractivity contribution in [3.63, 3.8) is 0 Å². The SMILES string of the molecule is CCN[C@H]1CCN(c2ccc3c(NC(=O)CC45CC6CC(CC(C6)C4)C5)c(C)ccc3n2)C1. The molecule has 0 radical (unpaired) electrons. The first-order valence-electron chi connectivity index (χ1n) is 13.2. The summed E-state index contributed by atoms with van der Waals surface area (Å²) in [6.45, 7) is 7.31. The van der Waals surface area contributed by atoms with Crippen molar-refractivity contribution in [1.82, 2.24) is 10.3 Å². The van der Waals surface area contributed by atoms with Crippen LogP contribution in [0.2, 0.25) is 0 Å². The van der Waals surface area contributed by atoms with Crippen LogP contribution in [0, 0.1) is 30.1 Å². The smallest absolute Gasteiger partial charge is 0.224 e. The molecule has 1 aliphatic heterocycles. The van der Waals surface area contributed by atoms with E-state index in [0.717, 1.165) is 71.8 Å². The lowest BCUT2D eigenvalue weighted by molar-refractivity contribution is -0.124. The minimum absolute atomic E-state index is 0.199. The molecule has 176 valence electrons. The van der Waals surface area contributed by atoms with Gasteiger partial charge in [-0.25, -0.2) is 4.98 Å². The molecule has 4 saturated carbocycles. The second-order valence-corrected chi connectivity index (χ2v) is 11.6. The number of likely N-dealkylation sites (N-methyl/N-ethyl adjacent to an activating group) is 1. The van der Waals surface area contributed by atoms with Crippen molar-refractivity contribution in [3.8, 4) is 0 Å². The van der Waals surface area contributed by atoms with Gasteiger partial charge in [-0.15, -0.1) is 0 Å². The quantitative estimate of drug-likeness (QED) is 0.634. The molecule has 4 bridgehead atoms. The second-order valence-electron chi connectivity index (χ2n) is 11.6. The Hall–Kier alpha value is -2.14. The molecule has 5 nitrogen and oxygen atoms in total. The minimum atomic E-state index is 0.199. The summed E-state index contributed by atoms with van der Waals surface area (Å²) in [6, 6.07) is 9.03. The van der Waals surface area contributed by atoms with Gasteiger partial charge in [-0.2, -0.15) is 0 Å². The van der Waals surface area contributed by atoms with Gasteiger partial charge in [0.05, 0.1) is 11.2 Å². The number of hydrogen-bond donors (Lipinski definition) is 2. The summed E-state index contributed by atoms with van der Waals surface area (Å²) in [4.78, 5) is 20.7. The van der Waals surface area contributed by atoms with Crippen molar-refractivity contribution in [2.75, 3.05) is 29.9 Å². The Kier molecular flexibility index (Phi) is 5.36. The Morgan fingerprint density at radius 1 is 1.09 bits per heavy atom. The van der Waals surface area contributed by atoms with E-state index in [4.69, 9.17) is 4.98 Å². The predicted octanol–water partition coefficient (Wildman–Crippen LogP) is 5.28. The van der Waals surface area contributed by atoms with Crippen molar-refractivity contribution in [2.45, 2.75) is 71.3 Å². The first-order valence-corrected chi connectivity index (χ1v) is 13.2. The highest BCUT2D eigenvalue weighted by molar-refractivity contribution is 6.02. The van der Waals surface area contributed by atoms with E-state index in [0.29, 0.717) is 12.5 Å². The van der Waals surface area contributed by atoms with Crippen LogP contribution in [0.3, 0.4) is 0 Å². The molecular weight excluding hydrogens is 408 g/mol. The van der Waals surface area contributed by atoms with Crippen molar-refractivity contribution < 1.29 is 4.79 Å². The van der Waals surface area contributed by atoms with Crippen LogP contribution in [0.15, 0.2) is 24.3 Å². The van der Waals surface area contributed by atoms with Crippen LogP contribution >= 0.6 is 0 Å². The molecule has 2 N–H and O–H groups in total. The lowest BCUT2D eigenvalue weighted by atomic mass is 9.49. The highest BCUT2D eigenvalue weighted by atomic mass is 16.1. The van der Waals surface area contributed by atoms with E-state index in [9.17, 15) is 4.79 Å². The van der Waals surface area contributed by atoms with Crippen molar-refractivity contribution >= 4 is 28.3 Å². The number of hydrogen-bond acceptors (Lipinski definition) is 4. The monoisotopic (exact) mass is 446 g/mol. The first kappa shape index (κ1) is 21.4. The Morgan fingerprint density at radius 3 is 2.52 bits per heavy atom. The van der Waals surface area contributed by atoms with Crippen LogP contribution < -0.4 is 15.5 Å². The summed E-state index contributed by atoms with van der Waals surface area (Å²) < 4.78 is 0.